The Morgan fingerprint density at radius 3 is 2.68 bits per heavy atom. The highest BCUT2D eigenvalue weighted by atomic mass is 19.4. The van der Waals surface area contributed by atoms with Gasteiger partial charge in [0.05, 0.1) is 23.4 Å². The zero-order chi connectivity index (χ0) is 22.2. The Balaban J connectivity index is 1.54. The SMILES string of the molecule is CC(C)n1nc(-c2cnc(N)c(C(F)(F)F)c2)cc1[C@@H]1C2C[C@H]1C1OCC(=O)N(C)C21. The average Bonchev–Trinajstić information content (AvgIpc) is 3.34. The van der Waals surface area contributed by atoms with Gasteiger partial charge in [-0.15, -0.1) is 0 Å². The van der Waals surface area contributed by atoms with Gasteiger partial charge >= 0.3 is 6.18 Å². The van der Waals surface area contributed by atoms with Gasteiger partial charge in [-0.25, -0.2) is 4.98 Å². The summed E-state index contributed by atoms with van der Waals surface area (Å²) in [6, 6.07) is 2.92. The van der Waals surface area contributed by atoms with Gasteiger partial charge in [-0.2, -0.15) is 18.3 Å². The van der Waals surface area contributed by atoms with Gasteiger partial charge in [0, 0.05) is 36.5 Å². The molecule has 2 aromatic heterocycles. The summed E-state index contributed by atoms with van der Waals surface area (Å²) in [4.78, 5) is 17.7. The molecule has 7 nitrogen and oxygen atoms in total. The molecule has 2 aromatic rings. The number of hydrogen-bond acceptors (Lipinski definition) is 5. The van der Waals surface area contributed by atoms with Gasteiger partial charge in [0.15, 0.2) is 0 Å². The van der Waals surface area contributed by atoms with Crippen LogP contribution in [0.5, 0.6) is 0 Å². The molecule has 3 heterocycles. The summed E-state index contributed by atoms with van der Waals surface area (Å²) >= 11 is 0. The number of likely N-dealkylation sites (N-methyl/N-ethyl adjacent to an activating group) is 1. The number of morpholine rings is 1. The molecule has 5 atom stereocenters. The number of halogens is 3. The molecule has 1 amide bonds. The first-order chi connectivity index (χ1) is 14.6. The lowest BCUT2D eigenvalue weighted by atomic mass is 9.69. The van der Waals surface area contributed by atoms with Crippen LogP contribution in [-0.4, -0.2) is 51.4 Å². The summed E-state index contributed by atoms with van der Waals surface area (Å²) in [7, 11) is 1.82. The van der Waals surface area contributed by atoms with Crippen LogP contribution in [-0.2, 0) is 15.7 Å². The molecule has 10 heteroatoms. The highest BCUT2D eigenvalue weighted by Crippen LogP contribution is 2.62. The predicted octanol–water partition coefficient (Wildman–Crippen LogP) is 3.09. The zero-order valence-electron chi connectivity index (χ0n) is 17.4. The van der Waals surface area contributed by atoms with Gasteiger partial charge in [-0.1, -0.05) is 0 Å². The van der Waals surface area contributed by atoms with Crippen LogP contribution in [0.2, 0.25) is 0 Å². The number of carbonyl (C=O) groups excluding carboxylic acids is 1. The fourth-order valence-electron chi connectivity index (χ4n) is 5.58. The van der Waals surface area contributed by atoms with Gasteiger partial charge in [-0.05, 0) is 44.2 Å². The van der Waals surface area contributed by atoms with E-state index in [-0.39, 0.29) is 54.0 Å². The van der Waals surface area contributed by atoms with Gasteiger partial charge < -0.3 is 15.4 Å². The van der Waals surface area contributed by atoms with E-state index >= 15 is 0 Å². The number of ether oxygens (including phenoxy) is 1. The first kappa shape index (κ1) is 20.3. The van der Waals surface area contributed by atoms with E-state index in [0.29, 0.717) is 5.69 Å². The maximum absolute atomic E-state index is 13.3. The maximum atomic E-state index is 13.3. The van der Waals surface area contributed by atoms with Crippen LogP contribution in [0.1, 0.15) is 43.5 Å². The summed E-state index contributed by atoms with van der Waals surface area (Å²) in [5, 5.41) is 4.63. The van der Waals surface area contributed by atoms with Crippen molar-refractivity contribution in [3.05, 3.63) is 29.6 Å². The Morgan fingerprint density at radius 1 is 1.26 bits per heavy atom. The van der Waals surface area contributed by atoms with Crippen LogP contribution < -0.4 is 5.73 Å². The third-order valence-corrected chi connectivity index (χ3v) is 7.02. The van der Waals surface area contributed by atoms with E-state index < -0.39 is 17.6 Å². The summed E-state index contributed by atoms with van der Waals surface area (Å²) in [6.07, 6.45) is -2.30. The quantitative estimate of drug-likeness (QED) is 0.801. The molecule has 3 fully saturated rings. The lowest BCUT2D eigenvalue weighted by Gasteiger charge is -2.38. The smallest absolute Gasteiger partial charge is 0.383 e. The van der Waals surface area contributed by atoms with Crippen molar-refractivity contribution in [2.24, 2.45) is 11.8 Å². The van der Waals surface area contributed by atoms with Crippen LogP contribution in [0.25, 0.3) is 11.3 Å². The first-order valence-corrected chi connectivity index (χ1v) is 10.4. The normalized spacial score (nSPS) is 30.0. The topological polar surface area (TPSA) is 86.3 Å². The molecule has 3 aliphatic rings. The third kappa shape index (κ3) is 2.95. The summed E-state index contributed by atoms with van der Waals surface area (Å²) in [6.45, 7) is 4.07. The number of rotatable bonds is 3. The van der Waals surface area contributed by atoms with E-state index in [1.807, 2.05) is 31.6 Å². The van der Waals surface area contributed by atoms with Crippen molar-refractivity contribution < 1.29 is 22.7 Å². The molecule has 0 aromatic carbocycles. The molecule has 1 saturated heterocycles. The molecule has 0 radical (unpaired) electrons. The van der Waals surface area contributed by atoms with Crippen molar-refractivity contribution in [1.82, 2.24) is 19.7 Å². The van der Waals surface area contributed by atoms with Gasteiger partial charge in [0.1, 0.15) is 12.4 Å². The molecule has 5 rings (SSSR count). The maximum Gasteiger partial charge on any atom is 0.419 e. The van der Waals surface area contributed by atoms with Crippen LogP contribution in [0.15, 0.2) is 18.3 Å². The van der Waals surface area contributed by atoms with E-state index in [4.69, 9.17) is 10.5 Å². The second-order valence-corrected chi connectivity index (χ2v) is 9.01. The highest BCUT2D eigenvalue weighted by Gasteiger charge is 2.64. The van der Waals surface area contributed by atoms with Crippen LogP contribution in [0.4, 0.5) is 19.0 Å². The summed E-state index contributed by atoms with van der Waals surface area (Å²) < 4.78 is 47.7. The molecule has 2 N–H and O–H groups in total. The van der Waals surface area contributed by atoms with E-state index in [1.54, 1.807) is 4.90 Å². The Kier molecular flexibility index (Phi) is 4.38. The number of nitrogens with zero attached hydrogens (tertiary/aromatic N) is 4. The van der Waals surface area contributed by atoms with E-state index in [0.717, 1.165) is 18.2 Å². The monoisotopic (exact) mass is 435 g/mol. The molecule has 2 bridgehead atoms. The van der Waals surface area contributed by atoms with Gasteiger partial charge in [0.25, 0.3) is 0 Å². The summed E-state index contributed by atoms with van der Waals surface area (Å²) in [5.41, 5.74) is 6.16. The Bertz CT molecular complexity index is 1050. The lowest BCUT2D eigenvalue weighted by Crippen LogP contribution is -2.50. The van der Waals surface area contributed by atoms with Crippen molar-refractivity contribution in [2.75, 3.05) is 19.4 Å². The molecule has 166 valence electrons. The van der Waals surface area contributed by atoms with Gasteiger partial charge in [0.2, 0.25) is 5.91 Å². The second-order valence-electron chi connectivity index (χ2n) is 9.01. The van der Waals surface area contributed by atoms with Crippen LogP contribution >= 0.6 is 0 Å². The van der Waals surface area contributed by atoms with E-state index in [1.165, 1.54) is 6.20 Å². The standard InChI is InChI=1S/C21H24F3N5O2/c1-9(2)29-15(17-11-5-12(17)19-18(11)28(3)16(30)8-31-19)6-14(27-29)10-4-13(21(22,23)24)20(25)26-7-10/h4,6-7,9,11-12,17-19H,5,8H2,1-3H3,(H2,25,26)/t11?,12-,17-,18?,19?/m1/s1. The number of pyridine rings is 1. The lowest BCUT2D eigenvalue weighted by molar-refractivity contribution is -0.152. The number of aromatic nitrogens is 3. The molecular formula is C21H24F3N5O2. The molecule has 31 heavy (non-hydrogen) atoms. The van der Waals surface area contributed by atoms with E-state index in [9.17, 15) is 18.0 Å². The number of nitrogen functional groups attached to an aromatic ring is 1. The molecular weight excluding hydrogens is 411 g/mol. The first-order valence-electron chi connectivity index (χ1n) is 10.4. The van der Waals surface area contributed by atoms with Crippen molar-refractivity contribution in [1.29, 1.82) is 0 Å². The largest absolute Gasteiger partial charge is 0.419 e. The molecule has 2 aliphatic carbocycles. The van der Waals surface area contributed by atoms with Crippen molar-refractivity contribution in [3.63, 3.8) is 0 Å². The average molecular weight is 435 g/mol. The Hall–Kier alpha value is -2.62. The predicted molar refractivity (Wildman–Crippen MR) is 106 cm³/mol. The molecule has 3 unspecified atom stereocenters. The minimum atomic E-state index is -4.59. The molecule has 0 spiro atoms. The highest BCUT2D eigenvalue weighted by molar-refractivity contribution is 5.78. The number of amides is 1. The number of carbonyl (C=O) groups is 1. The van der Waals surface area contributed by atoms with Crippen LogP contribution in [0, 0.1) is 11.8 Å². The molecule has 1 aliphatic heterocycles. The zero-order valence-corrected chi connectivity index (χ0v) is 17.4. The Morgan fingerprint density at radius 2 is 2.00 bits per heavy atom. The minimum Gasteiger partial charge on any atom is -0.383 e. The number of fused-ring (bicyclic) bond motifs is 5. The number of alkyl halides is 3. The minimum absolute atomic E-state index is 0.00770. The number of nitrogens with two attached hydrogens (primary N) is 1. The fourth-order valence-corrected chi connectivity index (χ4v) is 5.58. The summed E-state index contributed by atoms with van der Waals surface area (Å²) in [5.74, 6) is 0.101. The van der Waals surface area contributed by atoms with E-state index in [2.05, 4.69) is 10.1 Å². The van der Waals surface area contributed by atoms with Gasteiger partial charge in [-0.3, -0.25) is 9.48 Å². The van der Waals surface area contributed by atoms with Crippen molar-refractivity contribution >= 4 is 11.7 Å². The Labute approximate surface area is 177 Å². The second kappa shape index (κ2) is 6.69. The third-order valence-electron chi connectivity index (χ3n) is 7.02. The van der Waals surface area contributed by atoms with Crippen LogP contribution in [0.3, 0.4) is 0 Å². The van der Waals surface area contributed by atoms with Crippen molar-refractivity contribution in [2.45, 2.75) is 50.6 Å². The van der Waals surface area contributed by atoms with Crippen molar-refractivity contribution in [3.8, 4) is 11.3 Å². The number of hydrogen-bond donors (Lipinski definition) is 1. The molecule has 2 saturated carbocycles. The fraction of sp³-hybridized carbons (Fsp3) is 0.571. The number of anilines is 1.